The molecule has 2 aromatic rings. The van der Waals surface area contributed by atoms with Crippen LogP contribution in [-0.4, -0.2) is 75.1 Å². The van der Waals surface area contributed by atoms with Crippen LogP contribution in [0.5, 0.6) is 0 Å². The van der Waals surface area contributed by atoms with Crippen molar-refractivity contribution in [3.05, 3.63) is 64.7 Å². The van der Waals surface area contributed by atoms with Crippen molar-refractivity contribution in [3.63, 3.8) is 0 Å². The van der Waals surface area contributed by atoms with Crippen LogP contribution < -0.4 is 4.90 Å². The van der Waals surface area contributed by atoms with E-state index in [0.717, 1.165) is 68.2 Å². The highest BCUT2D eigenvalue weighted by molar-refractivity contribution is 5.53. The van der Waals surface area contributed by atoms with Crippen molar-refractivity contribution in [2.75, 3.05) is 65.3 Å². The van der Waals surface area contributed by atoms with Gasteiger partial charge in [-0.3, -0.25) is 9.80 Å². The van der Waals surface area contributed by atoms with Gasteiger partial charge in [-0.15, -0.1) is 0 Å². The number of halogens is 3. The molecule has 3 rings (SSSR count). The van der Waals surface area contributed by atoms with Crippen LogP contribution in [0.2, 0.25) is 0 Å². The maximum atomic E-state index is 12.9. The van der Waals surface area contributed by atoms with E-state index in [9.17, 15) is 18.4 Å². The number of benzene rings is 2. The first kappa shape index (κ1) is 26.0. The molecule has 1 aliphatic rings. The predicted molar refractivity (Wildman–Crippen MR) is 130 cm³/mol. The molecule has 1 unspecified atom stereocenters. The van der Waals surface area contributed by atoms with Crippen molar-refractivity contribution in [3.8, 4) is 6.07 Å². The number of hydrogen-bond donors (Lipinski definition) is 0. The Morgan fingerprint density at radius 1 is 0.971 bits per heavy atom. The smallest absolute Gasteiger partial charge is 0.373 e. The maximum absolute atomic E-state index is 12.9. The van der Waals surface area contributed by atoms with Crippen LogP contribution in [0.3, 0.4) is 0 Å². The van der Waals surface area contributed by atoms with E-state index in [1.165, 1.54) is 0 Å². The van der Waals surface area contributed by atoms with E-state index >= 15 is 0 Å². The second-order valence-electron chi connectivity index (χ2n) is 9.29. The van der Waals surface area contributed by atoms with Gasteiger partial charge in [0.2, 0.25) is 0 Å². The first-order valence-corrected chi connectivity index (χ1v) is 11.6. The zero-order chi connectivity index (χ0) is 24.9. The Morgan fingerprint density at radius 3 is 2.18 bits per heavy atom. The van der Waals surface area contributed by atoms with Gasteiger partial charge < -0.3 is 9.80 Å². The van der Waals surface area contributed by atoms with Crippen LogP contribution in [-0.2, 0) is 12.7 Å². The molecule has 0 amide bonds. The van der Waals surface area contributed by atoms with Gasteiger partial charge in [-0.2, -0.15) is 18.4 Å². The number of nitriles is 1. The van der Waals surface area contributed by atoms with E-state index in [2.05, 4.69) is 52.9 Å². The minimum absolute atomic E-state index is 0.0489. The first-order chi connectivity index (χ1) is 16.1. The Labute approximate surface area is 201 Å². The van der Waals surface area contributed by atoms with Crippen molar-refractivity contribution in [2.45, 2.75) is 25.7 Å². The zero-order valence-electron chi connectivity index (χ0n) is 20.4. The number of piperazine rings is 1. The Balaban J connectivity index is 1.60. The standard InChI is InChI=1S/C26H34F3N5/c1-20(21-5-8-24(9-6-21)26(27,28)29)34-15-13-33(14-16-34)19-23-17-25(10-7-22(23)18-30)32(4)12-11-31(2)3/h5-10,17,20H,11-16,19H2,1-4H3. The molecular formula is C26H34F3N5. The van der Waals surface area contributed by atoms with E-state index in [4.69, 9.17) is 0 Å². The summed E-state index contributed by atoms with van der Waals surface area (Å²) in [4.78, 5) is 8.99. The molecule has 2 aromatic carbocycles. The molecule has 1 aliphatic heterocycles. The second-order valence-corrected chi connectivity index (χ2v) is 9.29. The highest BCUT2D eigenvalue weighted by atomic mass is 19.4. The molecule has 0 spiro atoms. The van der Waals surface area contributed by atoms with E-state index in [0.29, 0.717) is 12.1 Å². The molecule has 1 saturated heterocycles. The highest BCUT2D eigenvalue weighted by Crippen LogP contribution is 2.31. The molecule has 1 atom stereocenters. The number of alkyl halides is 3. The van der Waals surface area contributed by atoms with E-state index in [1.807, 2.05) is 19.1 Å². The summed E-state index contributed by atoms with van der Waals surface area (Å²) in [6.07, 6.45) is -4.31. The van der Waals surface area contributed by atoms with Gasteiger partial charge in [0.25, 0.3) is 0 Å². The summed E-state index contributed by atoms with van der Waals surface area (Å²) in [7, 11) is 6.17. The SMILES string of the molecule is CC(c1ccc(C(F)(F)F)cc1)N1CCN(Cc2cc(N(C)CCN(C)C)ccc2C#N)CC1. The van der Waals surface area contributed by atoms with Crippen molar-refractivity contribution >= 4 is 5.69 Å². The molecule has 0 bridgehead atoms. The summed E-state index contributed by atoms with van der Waals surface area (Å²) in [5.74, 6) is 0. The summed E-state index contributed by atoms with van der Waals surface area (Å²) >= 11 is 0. The highest BCUT2D eigenvalue weighted by Gasteiger charge is 2.30. The lowest BCUT2D eigenvalue weighted by Gasteiger charge is -2.38. The van der Waals surface area contributed by atoms with E-state index in [1.54, 1.807) is 12.1 Å². The molecule has 1 fully saturated rings. The lowest BCUT2D eigenvalue weighted by atomic mass is 10.0. The third kappa shape index (κ3) is 6.72. The quantitative estimate of drug-likeness (QED) is 0.566. The summed E-state index contributed by atoms with van der Waals surface area (Å²) in [6, 6.07) is 13.9. The molecule has 8 heteroatoms. The summed E-state index contributed by atoms with van der Waals surface area (Å²) in [5, 5.41) is 9.60. The normalized spacial score (nSPS) is 16.4. The number of rotatable bonds is 8. The van der Waals surface area contributed by atoms with Gasteiger partial charge in [-0.1, -0.05) is 12.1 Å². The Bertz CT molecular complexity index is 973. The summed E-state index contributed by atoms with van der Waals surface area (Å²) in [5.41, 5.74) is 3.11. The lowest BCUT2D eigenvalue weighted by molar-refractivity contribution is -0.137. The third-order valence-electron chi connectivity index (χ3n) is 6.60. The molecule has 0 radical (unpaired) electrons. The molecular weight excluding hydrogens is 439 g/mol. The predicted octanol–water partition coefficient (Wildman–Crippen LogP) is 4.45. The van der Waals surface area contributed by atoms with Crippen LogP contribution in [0.4, 0.5) is 18.9 Å². The Kier molecular flexibility index (Phi) is 8.58. The van der Waals surface area contributed by atoms with Crippen LogP contribution in [0.15, 0.2) is 42.5 Å². The number of anilines is 1. The van der Waals surface area contributed by atoms with Crippen molar-refractivity contribution in [1.82, 2.24) is 14.7 Å². The second kappa shape index (κ2) is 11.2. The number of nitrogens with zero attached hydrogens (tertiary/aromatic N) is 5. The van der Waals surface area contributed by atoms with Crippen molar-refractivity contribution < 1.29 is 13.2 Å². The first-order valence-electron chi connectivity index (χ1n) is 11.6. The Hall–Kier alpha value is -2.60. The fraction of sp³-hybridized carbons (Fsp3) is 0.500. The number of likely N-dealkylation sites (N-methyl/N-ethyl adjacent to an activating group) is 2. The summed E-state index contributed by atoms with van der Waals surface area (Å²) < 4.78 is 38.6. The molecule has 0 aromatic heterocycles. The van der Waals surface area contributed by atoms with Gasteiger partial charge in [0, 0.05) is 64.6 Å². The number of hydrogen-bond acceptors (Lipinski definition) is 5. The Morgan fingerprint density at radius 2 is 1.62 bits per heavy atom. The zero-order valence-corrected chi connectivity index (χ0v) is 20.4. The fourth-order valence-electron chi connectivity index (χ4n) is 4.25. The lowest BCUT2D eigenvalue weighted by Crippen LogP contribution is -2.46. The van der Waals surface area contributed by atoms with Crippen molar-refractivity contribution in [2.24, 2.45) is 0 Å². The molecule has 0 saturated carbocycles. The average Bonchev–Trinajstić information content (AvgIpc) is 2.82. The van der Waals surface area contributed by atoms with E-state index < -0.39 is 11.7 Å². The molecule has 5 nitrogen and oxygen atoms in total. The molecule has 0 aliphatic carbocycles. The van der Waals surface area contributed by atoms with E-state index in [-0.39, 0.29) is 6.04 Å². The largest absolute Gasteiger partial charge is 0.416 e. The van der Waals surface area contributed by atoms with Gasteiger partial charge in [0.1, 0.15) is 0 Å². The topological polar surface area (TPSA) is 36.8 Å². The van der Waals surface area contributed by atoms with Gasteiger partial charge in [0.05, 0.1) is 17.2 Å². The monoisotopic (exact) mass is 473 g/mol. The minimum Gasteiger partial charge on any atom is -0.373 e. The molecule has 184 valence electrons. The molecule has 1 heterocycles. The molecule has 34 heavy (non-hydrogen) atoms. The van der Waals surface area contributed by atoms with Crippen LogP contribution >= 0.6 is 0 Å². The van der Waals surface area contributed by atoms with Crippen molar-refractivity contribution in [1.29, 1.82) is 5.26 Å². The third-order valence-corrected chi connectivity index (χ3v) is 6.60. The molecule has 0 N–H and O–H groups in total. The van der Waals surface area contributed by atoms with Crippen LogP contribution in [0.1, 0.15) is 35.2 Å². The van der Waals surface area contributed by atoms with Crippen LogP contribution in [0.25, 0.3) is 0 Å². The summed E-state index contributed by atoms with van der Waals surface area (Å²) in [6.45, 7) is 7.94. The van der Waals surface area contributed by atoms with Gasteiger partial charge in [-0.25, -0.2) is 0 Å². The van der Waals surface area contributed by atoms with Crippen LogP contribution in [0, 0.1) is 11.3 Å². The van der Waals surface area contributed by atoms with Gasteiger partial charge >= 0.3 is 6.18 Å². The maximum Gasteiger partial charge on any atom is 0.416 e. The van der Waals surface area contributed by atoms with Gasteiger partial charge in [-0.05, 0) is 62.5 Å². The minimum atomic E-state index is -4.31. The van der Waals surface area contributed by atoms with Gasteiger partial charge in [0.15, 0.2) is 0 Å². The average molecular weight is 474 g/mol. The fourth-order valence-corrected chi connectivity index (χ4v) is 4.25.